The van der Waals surface area contributed by atoms with Crippen molar-refractivity contribution in [2.75, 3.05) is 51.1 Å². The third kappa shape index (κ3) is 6.29. The highest BCUT2D eigenvalue weighted by molar-refractivity contribution is 6.33. The summed E-state index contributed by atoms with van der Waals surface area (Å²) in [4.78, 5) is 29.8. The molecule has 1 aliphatic carbocycles. The second-order valence-corrected chi connectivity index (χ2v) is 8.42. The van der Waals surface area contributed by atoms with Crippen molar-refractivity contribution >= 4 is 29.1 Å². The molecule has 1 aromatic rings. The van der Waals surface area contributed by atoms with E-state index in [1.54, 1.807) is 6.07 Å². The number of allylic oxidation sites excluding steroid dienone is 2. The Labute approximate surface area is 178 Å². The minimum absolute atomic E-state index is 0.0186. The lowest BCUT2D eigenvalue weighted by molar-refractivity contribution is -1.00. The van der Waals surface area contributed by atoms with Crippen LogP contribution in [0.15, 0.2) is 36.0 Å². The van der Waals surface area contributed by atoms with Gasteiger partial charge < -0.3 is 20.0 Å². The summed E-state index contributed by atoms with van der Waals surface area (Å²) in [6.07, 6.45) is 6.49. The van der Waals surface area contributed by atoms with Gasteiger partial charge in [-0.25, -0.2) is 0 Å². The van der Waals surface area contributed by atoms with E-state index >= 15 is 0 Å². The van der Waals surface area contributed by atoms with Gasteiger partial charge in [-0.05, 0) is 37.8 Å². The molecule has 2 amide bonds. The quantitative estimate of drug-likeness (QED) is 0.569. The Hall–Kier alpha value is -1.89. The molecule has 1 heterocycles. The Morgan fingerprint density at radius 1 is 1.10 bits per heavy atom. The number of benzene rings is 1. The molecule has 0 atom stereocenters. The van der Waals surface area contributed by atoms with Gasteiger partial charge in [-0.2, -0.15) is 0 Å². The van der Waals surface area contributed by atoms with Crippen molar-refractivity contribution in [2.24, 2.45) is 0 Å². The molecule has 0 aromatic heterocycles. The van der Waals surface area contributed by atoms with Gasteiger partial charge >= 0.3 is 0 Å². The van der Waals surface area contributed by atoms with Gasteiger partial charge in [0.05, 0.1) is 10.7 Å². The summed E-state index contributed by atoms with van der Waals surface area (Å²) >= 11 is 6.11. The molecule has 0 radical (unpaired) electrons. The molecule has 1 saturated heterocycles. The van der Waals surface area contributed by atoms with E-state index in [2.05, 4.69) is 18.3 Å². The highest BCUT2D eigenvalue weighted by Gasteiger charge is 2.29. The standard InChI is InChI=1S/C22H31ClN4O2/c1-2-11-27(18-7-3-4-8-18)22(29)17-26-14-12-25(13-15-26)16-21(28)24-20-10-6-5-9-19(20)23/h5-7,9-10H,2-4,8,11-17H2,1H3,(H,24,28)/p+2. The lowest BCUT2D eigenvalue weighted by Gasteiger charge is -2.31. The Morgan fingerprint density at radius 3 is 2.41 bits per heavy atom. The number of quaternary nitrogens is 2. The normalized spacial score (nSPS) is 21.5. The van der Waals surface area contributed by atoms with Crippen molar-refractivity contribution in [2.45, 2.75) is 32.6 Å². The molecule has 1 aromatic carbocycles. The number of amides is 2. The number of piperazine rings is 1. The zero-order valence-electron chi connectivity index (χ0n) is 17.3. The zero-order valence-corrected chi connectivity index (χ0v) is 18.1. The molecule has 158 valence electrons. The molecule has 1 fully saturated rings. The monoisotopic (exact) mass is 420 g/mol. The van der Waals surface area contributed by atoms with Gasteiger partial charge in [0.2, 0.25) is 0 Å². The Morgan fingerprint density at radius 2 is 1.79 bits per heavy atom. The third-order valence-electron chi connectivity index (χ3n) is 5.74. The van der Waals surface area contributed by atoms with Crippen molar-refractivity contribution in [3.8, 4) is 0 Å². The molecular weight excluding hydrogens is 388 g/mol. The first-order valence-corrected chi connectivity index (χ1v) is 11.2. The van der Waals surface area contributed by atoms with Crippen LogP contribution in [0.5, 0.6) is 0 Å². The van der Waals surface area contributed by atoms with Gasteiger partial charge in [0.1, 0.15) is 26.2 Å². The number of hydrogen-bond donors (Lipinski definition) is 3. The van der Waals surface area contributed by atoms with E-state index < -0.39 is 0 Å². The van der Waals surface area contributed by atoms with Crippen molar-refractivity contribution in [1.82, 2.24) is 4.90 Å². The minimum Gasteiger partial charge on any atom is -0.320 e. The first-order valence-electron chi connectivity index (χ1n) is 10.8. The van der Waals surface area contributed by atoms with E-state index in [1.165, 1.54) is 15.5 Å². The van der Waals surface area contributed by atoms with Crippen LogP contribution in [-0.2, 0) is 9.59 Å². The Bertz CT molecular complexity index is 744. The van der Waals surface area contributed by atoms with Gasteiger partial charge in [-0.3, -0.25) is 9.59 Å². The highest BCUT2D eigenvalue weighted by atomic mass is 35.5. The smallest absolute Gasteiger partial charge is 0.281 e. The van der Waals surface area contributed by atoms with Gasteiger partial charge in [-0.15, -0.1) is 0 Å². The largest absolute Gasteiger partial charge is 0.320 e. The second kappa shape index (κ2) is 10.8. The molecule has 1 aliphatic heterocycles. The number of nitrogens with zero attached hydrogens (tertiary/aromatic N) is 1. The fourth-order valence-electron chi connectivity index (χ4n) is 4.16. The maximum absolute atomic E-state index is 12.9. The van der Waals surface area contributed by atoms with Gasteiger partial charge in [0.25, 0.3) is 11.8 Å². The first kappa shape index (κ1) is 21.8. The summed E-state index contributed by atoms with van der Waals surface area (Å²) in [6, 6.07) is 7.28. The summed E-state index contributed by atoms with van der Waals surface area (Å²) in [6.45, 7) is 7.55. The molecule has 0 saturated carbocycles. The lowest BCUT2D eigenvalue weighted by atomic mass is 10.2. The van der Waals surface area contributed by atoms with Crippen LogP contribution in [0.4, 0.5) is 5.69 Å². The SMILES string of the molecule is CCCN(C(=O)C[NH+]1CC[NH+](CC(=O)Nc2ccccc2Cl)CC1)C1=CCCC1. The van der Waals surface area contributed by atoms with Crippen LogP contribution < -0.4 is 15.1 Å². The van der Waals surface area contributed by atoms with Gasteiger partial charge in [0, 0.05) is 12.2 Å². The highest BCUT2D eigenvalue weighted by Crippen LogP contribution is 2.21. The average molecular weight is 421 g/mol. The second-order valence-electron chi connectivity index (χ2n) is 8.01. The number of carbonyl (C=O) groups is 2. The Kier molecular flexibility index (Phi) is 8.09. The summed E-state index contributed by atoms with van der Waals surface area (Å²) in [5.41, 5.74) is 1.88. The molecule has 6 nitrogen and oxygen atoms in total. The van der Waals surface area contributed by atoms with Crippen molar-refractivity contribution in [3.05, 3.63) is 41.1 Å². The third-order valence-corrected chi connectivity index (χ3v) is 6.07. The number of anilines is 1. The van der Waals surface area contributed by atoms with Crippen molar-refractivity contribution in [1.29, 1.82) is 0 Å². The van der Waals surface area contributed by atoms with Crippen LogP contribution in [0.1, 0.15) is 32.6 Å². The van der Waals surface area contributed by atoms with E-state index in [0.29, 0.717) is 23.8 Å². The summed E-state index contributed by atoms with van der Waals surface area (Å²) in [7, 11) is 0. The number of carbonyl (C=O) groups excluding carboxylic acids is 2. The predicted molar refractivity (Wildman–Crippen MR) is 115 cm³/mol. The average Bonchev–Trinajstić information content (AvgIpc) is 3.23. The van der Waals surface area contributed by atoms with Crippen molar-refractivity contribution in [3.63, 3.8) is 0 Å². The molecule has 2 aliphatic rings. The molecule has 29 heavy (non-hydrogen) atoms. The molecular formula is C22H33ClN4O2+2. The van der Waals surface area contributed by atoms with E-state index in [-0.39, 0.29) is 11.8 Å². The van der Waals surface area contributed by atoms with E-state index in [4.69, 9.17) is 11.6 Å². The maximum atomic E-state index is 12.9. The molecule has 0 unspecified atom stereocenters. The van der Waals surface area contributed by atoms with Crippen LogP contribution in [-0.4, -0.2) is 62.5 Å². The van der Waals surface area contributed by atoms with Crippen LogP contribution in [0.3, 0.4) is 0 Å². The van der Waals surface area contributed by atoms with Crippen LogP contribution in [0, 0.1) is 0 Å². The van der Waals surface area contributed by atoms with Crippen LogP contribution in [0.25, 0.3) is 0 Å². The maximum Gasteiger partial charge on any atom is 0.281 e. The van der Waals surface area contributed by atoms with E-state index in [0.717, 1.165) is 58.4 Å². The zero-order chi connectivity index (χ0) is 20.6. The topological polar surface area (TPSA) is 58.3 Å². The summed E-state index contributed by atoms with van der Waals surface area (Å²) in [5.74, 6) is 0.227. The number of hydrogen-bond acceptors (Lipinski definition) is 2. The van der Waals surface area contributed by atoms with E-state index in [1.807, 2.05) is 23.1 Å². The number of nitrogens with one attached hydrogen (secondary N) is 3. The lowest BCUT2D eigenvalue weighted by Crippen LogP contribution is -3.28. The Balaban J connectivity index is 1.43. The fourth-order valence-corrected chi connectivity index (χ4v) is 4.34. The molecule has 3 rings (SSSR count). The summed E-state index contributed by atoms with van der Waals surface area (Å²) < 4.78 is 0. The number of para-hydroxylation sites is 1. The predicted octanol–water partition coefficient (Wildman–Crippen LogP) is 0.368. The van der Waals surface area contributed by atoms with Crippen molar-refractivity contribution < 1.29 is 19.4 Å². The molecule has 0 bridgehead atoms. The summed E-state index contributed by atoms with van der Waals surface area (Å²) in [5, 5.41) is 3.45. The molecule has 3 N–H and O–H groups in total. The molecule has 7 heteroatoms. The van der Waals surface area contributed by atoms with Crippen LogP contribution >= 0.6 is 11.6 Å². The number of rotatable bonds is 8. The van der Waals surface area contributed by atoms with Gasteiger partial charge in [-0.1, -0.05) is 36.7 Å². The first-order chi connectivity index (χ1) is 14.1. The number of halogens is 1. The fraction of sp³-hybridized carbons (Fsp3) is 0.545. The minimum atomic E-state index is -0.0186. The van der Waals surface area contributed by atoms with Gasteiger partial charge in [0.15, 0.2) is 13.1 Å². The molecule has 0 spiro atoms. The van der Waals surface area contributed by atoms with Crippen LogP contribution in [0.2, 0.25) is 5.02 Å². The van der Waals surface area contributed by atoms with E-state index in [9.17, 15) is 9.59 Å².